The van der Waals surface area contributed by atoms with E-state index in [1.54, 1.807) is 7.11 Å². The molecule has 1 fully saturated rings. The Bertz CT molecular complexity index is 847. The number of carbonyl (C=O) groups is 1. The second-order valence-corrected chi connectivity index (χ2v) is 8.48. The number of rotatable bonds is 7. The number of likely N-dealkylation sites (tertiary alicyclic amines) is 1. The average molecular weight is 409 g/mol. The van der Waals surface area contributed by atoms with Gasteiger partial charge in [-0.3, -0.25) is 9.69 Å². The molecule has 1 amide bonds. The summed E-state index contributed by atoms with van der Waals surface area (Å²) in [5.41, 5.74) is 4.92. The van der Waals surface area contributed by atoms with Crippen LogP contribution in [0.2, 0.25) is 0 Å². The Morgan fingerprint density at radius 3 is 2.63 bits per heavy atom. The third kappa shape index (κ3) is 4.52. The molecule has 0 bridgehead atoms. The van der Waals surface area contributed by atoms with E-state index in [0.29, 0.717) is 12.5 Å². The van der Waals surface area contributed by atoms with E-state index in [9.17, 15) is 4.79 Å². The molecule has 0 unspecified atom stereocenters. The van der Waals surface area contributed by atoms with Gasteiger partial charge in [0.1, 0.15) is 11.9 Å². The number of methoxy groups -OCH3 is 1. The number of hydrogen-bond acceptors (Lipinski definition) is 4. The minimum Gasteiger partial charge on any atom is -0.496 e. The summed E-state index contributed by atoms with van der Waals surface area (Å²) in [6.45, 7) is 5.78. The SMILES string of the molecule is COc1c(C)ccc2c1C[C@@H](C1CCN(Cc3ccccc3)CC1)O[C@H]2CNC=O. The molecule has 0 aromatic heterocycles. The standard InChI is InChI=1S/C25H32N2O3/c1-18-8-9-21-22(25(18)29-2)14-23(30-24(21)15-26-17-28)20-10-12-27(13-11-20)16-19-6-4-3-5-7-19/h3-9,17,20,23-24H,10-16H2,1-2H3,(H,26,28)/t23-,24-/m0/s1. The molecule has 2 aliphatic rings. The molecule has 0 radical (unpaired) electrons. The molecule has 160 valence electrons. The number of amides is 1. The topological polar surface area (TPSA) is 50.8 Å². The van der Waals surface area contributed by atoms with Crippen molar-refractivity contribution in [2.75, 3.05) is 26.7 Å². The number of ether oxygens (including phenoxy) is 2. The Balaban J connectivity index is 1.46. The van der Waals surface area contributed by atoms with Gasteiger partial charge in [0, 0.05) is 25.1 Å². The van der Waals surface area contributed by atoms with Crippen LogP contribution in [0.1, 0.15) is 41.2 Å². The summed E-state index contributed by atoms with van der Waals surface area (Å²) in [4.78, 5) is 13.4. The minimum atomic E-state index is -0.124. The summed E-state index contributed by atoms with van der Waals surface area (Å²) < 4.78 is 12.3. The Morgan fingerprint density at radius 1 is 1.17 bits per heavy atom. The van der Waals surface area contributed by atoms with Crippen LogP contribution in [-0.4, -0.2) is 44.2 Å². The van der Waals surface area contributed by atoms with Crippen LogP contribution in [0.5, 0.6) is 5.75 Å². The molecule has 1 saturated heterocycles. The molecule has 2 atom stereocenters. The third-order valence-corrected chi connectivity index (χ3v) is 6.58. The van der Waals surface area contributed by atoms with Gasteiger partial charge < -0.3 is 14.8 Å². The van der Waals surface area contributed by atoms with E-state index >= 15 is 0 Å². The second kappa shape index (κ2) is 9.63. The van der Waals surface area contributed by atoms with Gasteiger partial charge in [-0.05, 0) is 55.5 Å². The smallest absolute Gasteiger partial charge is 0.207 e. The van der Waals surface area contributed by atoms with Crippen LogP contribution in [0.3, 0.4) is 0 Å². The van der Waals surface area contributed by atoms with Crippen molar-refractivity contribution in [3.05, 3.63) is 64.7 Å². The minimum absolute atomic E-state index is 0.124. The van der Waals surface area contributed by atoms with Crippen LogP contribution in [-0.2, 0) is 22.5 Å². The van der Waals surface area contributed by atoms with Gasteiger partial charge >= 0.3 is 0 Å². The average Bonchev–Trinajstić information content (AvgIpc) is 2.78. The number of benzene rings is 2. The van der Waals surface area contributed by atoms with E-state index in [0.717, 1.165) is 62.2 Å². The second-order valence-electron chi connectivity index (χ2n) is 8.48. The van der Waals surface area contributed by atoms with Crippen molar-refractivity contribution >= 4 is 6.41 Å². The largest absolute Gasteiger partial charge is 0.496 e. The van der Waals surface area contributed by atoms with Crippen LogP contribution >= 0.6 is 0 Å². The van der Waals surface area contributed by atoms with E-state index in [1.165, 1.54) is 11.1 Å². The first-order valence-electron chi connectivity index (χ1n) is 10.9. The zero-order valence-electron chi connectivity index (χ0n) is 18.0. The number of nitrogens with one attached hydrogen (secondary N) is 1. The van der Waals surface area contributed by atoms with Crippen molar-refractivity contribution in [2.45, 2.75) is 44.9 Å². The van der Waals surface area contributed by atoms with Crippen LogP contribution in [0.15, 0.2) is 42.5 Å². The molecule has 30 heavy (non-hydrogen) atoms. The van der Waals surface area contributed by atoms with Gasteiger partial charge in [-0.1, -0.05) is 42.5 Å². The zero-order valence-corrected chi connectivity index (χ0v) is 18.0. The van der Waals surface area contributed by atoms with E-state index in [4.69, 9.17) is 9.47 Å². The Morgan fingerprint density at radius 2 is 1.93 bits per heavy atom. The highest BCUT2D eigenvalue weighted by Crippen LogP contribution is 2.41. The molecule has 0 aliphatic carbocycles. The van der Waals surface area contributed by atoms with Crippen LogP contribution in [0.4, 0.5) is 0 Å². The highest BCUT2D eigenvalue weighted by Gasteiger charge is 2.36. The van der Waals surface area contributed by atoms with Crippen LogP contribution < -0.4 is 10.1 Å². The van der Waals surface area contributed by atoms with Crippen molar-refractivity contribution in [3.8, 4) is 5.75 Å². The molecule has 5 heteroatoms. The molecule has 1 N–H and O–H groups in total. The first-order chi connectivity index (χ1) is 14.7. The van der Waals surface area contributed by atoms with Gasteiger partial charge in [-0.15, -0.1) is 0 Å². The summed E-state index contributed by atoms with van der Waals surface area (Å²) in [7, 11) is 1.74. The highest BCUT2D eigenvalue weighted by molar-refractivity contribution is 5.50. The monoisotopic (exact) mass is 408 g/mol. The number of carbonyl (C=O) groups excluding carboxylic acids is 1. The van der Waals surface area contributed by atoms with Gasteiger partial charge in [-0.25, -0.2) is 0 Å². The molecule has 2 aromatic rings. The predicted molar refractivity (Wildman–Crippen MR) is 118 cm³/mol. The molecular formula is C25H32N2O3. The van der Waals surface area contributed by atoms with Crippen LogP contribution in [0.25, 0.3) is 0 Å². The molecule has 0 spiro atoms. The molecule has 4 rings (SSSR count). The maximum atomic E-state index is 10.9. The molecule has 5 nitrogen and oxygen atoms in total. The Hall–Kier alpha value is -2.37. The zero-order chi connectivity index (χ0) is 20.9. The van der Waals surface area contributed by atoms with Crippen LogP contribution in [0, 0.1) is 12.8 Å². The normalized spacial score (nSPS) is 22.3. The summed E-state index contributed by atoms with van der Waals surface area (Å²) >= 11 is 0. The summed E-state index contributed by atoms with van der Waals surface area (Å²) in [5.74, 6) is 1.49. The number of aryl methyl sites for hydroxylation is 1. The van der Waals surface area contributed by atoms with Crippen molar-refractivity contribution < 1.29 is 14.3 Å². The van der Waals surface area contributed by atoms with Crippen molar-refractivity contribution in [1.29, 1.82) is 0 Å². The van der Waals surface area contributed by atoms with Gasteiger partial charge in [0.05, 0.1) is 13.2 Å². The summed E-state index contributed by atoms with van der Waals surface area (Å²) in [6.07, 6.45) is 3.93. The van der Waals surface area contributed by atoms with Crippen molar-refractivity contribution in [2.24, 2.45) is 5.92 Å². The lowest BCUT2D eigenvalue weighted by molar-refractivity contribution is -0.111. The fourth-order valence-corrected chi connectivity index (χ4v) is 5.01. The predicted octanol–water partition coefficient (Wildman–Crippen LogP) is 3.64. The molecule has 2 heterocycles. The molecule has 2 aliphatic heterocycles. The third-order valence-electron chi connectivity index (χ3n) is 6.58. The lowest BCUT2D eigenvalue weighted by Crippen LogP contribution is -2.42. The maximum Gasteiger partial charge on any atom is 0.207 e. The highest BCUT2D eigenvalue weighted by atomic mass is 16.5. The number of nitrogens with zero attached hydrogens (tertiary/aromatic N) is 1. The first-order valence-corrected chi connectivity index (χ1v) is 10.9. The maximum absolute atomic E-state index is 10.9. The van der Waals surface area contributed by atoms with Gasteiger partial charge in [0.15, 0.2) is 0 Å². The summed E-state index contributed by atoms with van der Waals surface area (Å²) in [6, 6.07) is 14.9. The Kier molecular flexibility index (Phi) is 6.70. The molecular weight excluding hydrogens is 376 g/mol. The Labute approximate surface area is 179 Å². The van der Waals surface area contributed by atoms with E-state index < -0.39 is 0 Å². The van der Waals surface area contributed by atoms with Gasteiger partial charge in [0.2, 0.25) is 6.41 Å². The quantitative estimate of drug-likeness (QED) is 0.711. The fraction of sp³-hybridized carbons (Fsp3) is 0.480. The molecule has 2 aromatic carbocycles. The number of hydrogen-bond donors (Lipinski definition) is 1. The van der Waals surface area contributed by atoms with Gasteiger partial charge in [0.25, 0.3) is 0 Å². The van der Waals surface area contributed by atoms with Crippen molar-refractivity contribution in [1.82, 2.24) is 10.2 Å². The lowest BCUT2D eigenvalue weighted by atomic mass is 9.83. The van der Waals surface area contributed by atoms with E-state index in [-0.39, 0.29) is 12.2 Å². The lowest BCUT2D eigenvalue weighted by Gasteiger charge is -2.41. The van der Waals surface area contributed by atoms with E-state index in [2.05, 4.69) is 59.6 Å². The first kappa shape index (κ1) is 20.9. The number of fused-ring (bicyclic) bond motifs is 1. The fourth-order valence-electron chi connectivity index (χ4n) is 5.01. The van der Waals surface area contributed by atoms with Crippen molar-refractivity contribution in [3.63, 3.8) is 0 Å². The van der Waals surface area contributed by atoms with E-state index in [1.807, 2.05) is 0 Å². The number of piperidine rings is 1. The molecule has 0 saturated carbocycles. The van der Waals surface area contributed by atoms with Gasteiger partial charge in [-0.2, -0.15) is 0 Å². The summed E-state index contributed by atoms with van der Waals surface area (Å²) in [5, 5.41) is 2.81.